The molecule has 0 bridgehead atoms. The molecule has 1 aromatic carbocycles. The summed E-state index contributed by atoms with van der Waals surface area (Å²) in [4.78, 5) is 18.4. The van der Waals surface area contributed by atoms with E-state index < -0.39 is 0 Å². The fraction of sp³-hybridized carbons (Fsp3) is 0.294. The number of nitrogens with zero attached hydrogens (tertiary/aromatic N) is 2. The van der Waals surface area contributed by atoms with E-state index in [0.29, 0.717) is 18.8 Å². The molecule has 0 aliphatic rings. The first-order valence-corrected chi connectivity index (χ1v) is 7.32. The van der Waals surface area contributed by atoms with E-state index >= 15 is 0 Å². The normalized spacial score (nSPS) is 10.3. The molecule has 0 saturated carbocycles. The Balaban J connectivity index is 2.18. The largest absolute Gasteiger partial charge is 0.383 e. The van der Waals surface area contributed by atoms with E-state index in [1.165, 1.54) is 0 Å². The number of hydrogen-bond donors (Lipinski definition) is 1. The van der Waals surface area contributed by atoms with Crippen LogP contribution in [0.15, 0.2) is 48.7 Å². The number of carbonyl (C=O) groups excluding carboxylic acids is 1. The van der Waals surface area contributed by atoms with E-state index in [4.69, 9.17) is 4.74 Å². The summed E-state index contributed by atoms with van der Waals surface area (Å²) >= 11 is 0. The molecule has 0 unspecified atom stereocenters. The lowest BCUT2D eigenvalue weighted by Crippen LogP contribution is -2.28. The molecule has 22 heavy (non-hydrogen) atoms. The maximum absolute atomic E-state index is 12.1. The molecule has 116 valence electrons. The summed E-state index contributed by atoms with van der Waals surface area (Å²) < 4.78 is 4.92. The Morgan fingerprint density at radius 1 is 1.23 bits per heavy atom. The number of benzene rings is 1. The summed E-state index contributed by atoms with van der Waals surface area (Å²) in [5.41, 5.74) is 2.44. The minimum Gasteiger partial charge on any atom is -0.383 e. The monoisotopic (exact) mass is 299 g/mol. The summed E-state index contributed by atoms with van der Waals surface area (Å²) in [5.74, 6) is -0.192. The van der Waals surface area contributed by atoms with E-state index in [-0.39, 0.29) is 5.91 Å². The molecular weight excluding hydrogens is 278 g/mol. The Morgan fingerprint density at radius 3 is 2.68 bits per heavy atom. The Hall–Kier alpha value is -2.40. The van der Waals surface area contributed by atoms with Crippen LogP contribution in [0.2, 0.25) is 0 Å². The van der Waals surface area contributed by atoms with Crippen molar-refractivity contribution in [1.29, 1.82) is 0 Å². The van der Waals surface area contributed by atoms with Gasteiger partial charge >= 0.3 is 0 Å². The Bertz CT molecular complexity index is 602. The van der Waals surface area contributed by atoms with Crippen molar-refractivity contribution in [1.82, 2.24) is 10.3 Å². The van der Waals surface area contributed by atoms with E-state index in [0.717, 1.165) is 17.9 Å². The Kier molecular flexibility index (Phi) is 5.91. The summed E-state index contributed by atoms with van der Waals surface area (Å²) in [7, 11) is 1.60. The van der Waals surface area contributed by atoms with Gasteiger partial charge in [-0.2, -0.15) is 0 Å². The van der Waals surface area contributed by atoms with Gasteiger partial charge in [-0.05, 0) is 31.2 Å². The Morgan fingerprint density at radius 2 is 2.00 bits per heavy atom. The highest BCUT2D eigenvalue weighted by molar-refractivity contribution is 5.93. The standard InChI is InChI=1S/C17H21N3O2/c1-3-20(14-7-5-4-6-8-14)15-9-10-18-16(13-15)17(21)19-11-12-22-2/h4-10,13H,3,11-12H2,1-2H3,(H,19,21). The first-order valence-electron chi connectivity index (χ1n) is 7.32. The van der Waals surface area contributed by atoms with Crippen LogP contribution in [0.5, 0.6) is 0 Å². The SMILES string of the molecule is CCN(c1ccccc1)c1ccnc(C(=O)NCCOC)c1. The predicted octanol–water partition coefficient (Wildman–Crippen LogP) is 2.62. The van der Waals surface area contributed by atoms with Crippen molar-refractivity contribution in [3.05, 3.63) is 54.4 Å². The summed E-state index contributed by atoms with van der Waals surface area (Å²) in [6, 6.07) is 13.8. The van der Waals surface area contributed by atoms with Gasteiger partial charge in [0.05, 0.1) is 6.61 Å². The lowest BCUT2D eigenvalue weighted by Gasteiger charge is -2.23. The first kappa shape index (κ1) is 16.0. The van der Waals surface area contributed by atoms with Crippen LogP contribution in [0, 0.1) is 0 Å². The molecular formula is C17H21N3O2. The summed E-state index contributed by atoms with van der Waals surface area (Å²) in [5, 5.41) is 2.78. The molecule has 2 rings (SSSR count). The molecule has 1 aromatic heterocycles. The third-order valence-electron chi connectivity index (χ3n) is 3.26. The zero-order valence-electron chi connectivity index (χ0n) is 13.0. The molecule has 0 radical (unpaired) electrons. The van der Waals surface area contributed by atoms with Crippen molar-refractivity contribution in [3.8, 4) is 0 Å². The second-order valence-electron chi connectivity index (χ2n) is 4.73. The summed E-state index contributed by atoms with van der Waals surface area (Å²) in [6.07, 6.45) is 1.66. The minimum absolute atomic E-state index is 0.192. The number of rotatable bonds is 7. The van der Waals surface area contributed by atoms with Crippen LogP contribution in [0.25, 0.3) is 0 Å². The van der Waals surface area contributed by atoms with Crippen molar-refractivity contribution >= 4 is 17.3 Å². The van der Waals surface area contributed by atoms with Crippen LogP contribution < -0.4 is 10.2 Å². The average Bonchev–Trinajstić information content (AvgIpc) is 2.57. The van der Waals surface area contributed by atoms with Crippen LogP contribution in [-0.4, -0.2) is 37.7 Å². The highest BCUT2D eigenvalue weighted by Gasteiger charge is 2.11. The zero-order chi connectivity index (χ0) is 15.8. The molecule has 2 aromatic rings. The molecule has 0 saturated heterocycles. The van der Waals surface area contributed by atoms with Crippen LogP contribution in [-0.2, 0) is 4.74 Å². The molecule has 0 aliphatic carbocycles. The zero-order valence-corrected chi connectivity index (χ0v) is 13.0. The van der Waals surface area contributed by atoms with Gasteiger partial charge in [0, 0.05) is 37.8 Å². The second kappa shape index (κ2) is 8.14. The van der Waals surface area contributed by atoms with Gasteiger partial charge in [-0.3, -0.25) is 9.78 Å². The topological polar surface area (TPSA) is 54.5 Å². The van der Waals surface area contributed by atoms with E-state index in [2.05, 4.69) is 22.1 Å². The van der Waals surface area contributed by atoms with Gasteiger partial charge < -0.3 is 15.0 Å². The first-order chi connectivity index (χ1) is 10.8. The summed E-state index contributed by atoms with van der Waals surface area (Å²) in [6.45, 7) is 3.83. The highest BCUT2D eigenvalue weighted by Crippen LogP contribution is 2.24. The Labute approximate surface area is 130 Å². The lowest BCUT2D eigenvalue weighted by molar-refractivity contribution is 0.0932. The maximum Gasteiger partial charge on any atom is 0.270 e. The molecule has 0 atom stereocenters. The average molecular weight is 299 g/mol. The molecule has 0 aliphatic heterocycles. The third kappa shape index (κ3) is 4.05. The van der Waals surface area contributed by atoms with Crippen LogP contribution in [0.1, 0.15) is 17.4 Å². The van der Waals surface area contributed by atoms with Crippen LogP contribution >= 0.6 is 0 Å². The molecule has 5 nitrogen and oxygen atoms in total. The van der Waals surface area contributed by atoms with Gasteiger partial charge in [-0.1, -0.05) is 18.2 Å². The van der Waals surface area contributed by atoms with Crippen LogP contribution in [0.4, 0.5) is 11.4 Å². The van der Waals surface area contributed by atoms with Crippen molar-refractivity contribution in [3.63, 3.8) is 0 Å². The van der Waals surface area contributed by atoms with E-state index in [1.54, 1.807) is 19.4 Å². The molecule has 1 amide bonds. The van der Waals surface area contributed by atoms with Crippen molar-refractivity contribution in [2.45, 2.75) is 6.92 Å². The number of ether oxygens (including phenoxy) is 1. The predicted molar refractivity (Wildman–Crippen MR) is 87.6 cm³/mol. The number of anilines is 2. The number of methoxy groups -OCH3 is 1. The van der Waals surface area contributed by atoms with Crippen molar-refractivity contribution in [2.75, 3.05) is 31.7 Å². The number of nitrogens with one attached hydrogen (secondary N) is 1. The van der Waals surface area contributed by atoms with E-state index in [9.17, 15) is 4.79 Å². The number of amides is 1. The molecule has 1 N–H and O–H groups in total. The van der Waals surface area contributed by atoms with Gasteiger partial charge in [-0.25, -0.2) is 0 Å². The lowest BCUT2D eigenvalue weighted by atomic mass is 10.2. The molecule has 0 fully saturated rings. The van der Waals surface area contributed by atoms with Gasteiger partial charge in [-0.15, -0.1) is 0 Å². The second-order valence-corrected chi connectivity index (χ2v) is 4.73. The van der Waals surface area contributed by atoms with Gasteiger partial charge in [0.15, 0.2) is 0 Å². The quantitative estimate of drug-likeness (QED) is 0.799. The smallest absolute Gasteiger partial charge is 0.270 e. The third-order valence-corrected chi connectivity index (χ3v) is 3.26. The minimum atomic E-state index is -0.192. The fourth-order valence-electron chi connectivity index (χ4n) is 2.19. The number of para-hydroxylation sites is 1. The molecule has 0 spiro atoms. The van der Waals surface area contributed by atoms with Gasteiger partial charge in [0.2, 0.25) is 0 Å². The highest BCUT2D eigenvalue weighted by atomic mass is 16.5. The number of hydrogen-bond acceptors (Lipinski definition) is 4. The number of aromatic nitrogens is 1. The van der Waals surface area contributed by atoms with Crippen molar-refractivity contribution < 1.29 is 9.53 Å². The van der Waals surface area contributed by atoms with Crippen molar-refractivity contribution in [2.24, 2.45) is 0 Å². The maximum atomic E-state index is 12.1. The fourth-order valence-corrected chi connectivity index (χ4v) is 2.19. The number of pyridine rings is 1. The van der Waals surface area contributed by atoms with E-state index in [1.807, 2.05) is 36.4 Å². The number of carbonyl (C=O) groups is 1. The molecule has 1 heterocycles. The van der Waals surface area contributed by atoms with Gasteiger partial charge in [0.1, 0.15) is 5.69 Å². The van der Waals surface area contributed by atoms with Gasteiger partial charge in [0.25, 0.3) is 5.91 Å². The van der Waals surface area contributed by atoms with Crippen LogP contribution in [0.3, 0.4) is 0 Å². The molecule has 5 heteroatoms.